The molecule has 0 aliphatic heterocycles. The van der Waals surface area contributed by atoms with Gasteiger partial charge in [0, 0.05) is 10.0 Å². The quantitative estimate of drug-likeness (QED) is 0.709. The third kappa shape index (κ3) is 4.15. The lowest BCUT2D eigenvalue weighted by atomic mass is 10.2. The summed E-state index contributed by atoms with van der Waals surface area (Å²) >= 11 is 23.8. The number of sulfonamides is 1. The summed E-state index contributed by atoms with van der Waals surface area (Å²) in [4.78, 5) is 11.2. The fourth-order valence-electron chi connectivity index (χ4n) is 2.09. The van der Waals surface area contributed by atoms with Crippen LogP contribution in [0, 0.1) is 0 Å². The molecule has 2 aromatic carbocycles. The number of hydrogen-bond acceptors (Lipinski definition) is 3. The first-order chi connectivity index (χ1) is 11.6. The van der Waals surface area contributed by atoms with E-state index in [1.807, 2.05) is 0 Å². The Kier molecular flexibility index (Phi) is 6.12. The summed E-state index contributed by atoms with van der Waals surface area (Å²) < 4.78 is 26.9. The van der Waals surface area contributed by atoms with Gasteiger partial charge in [-0.2, -0.15) is 0 Å². The Hall–Kier alpha value is -1.18. The van der Waals surface area contributed by atoms with Crippen LogP contribution in [0.2, 0.25) is 20.1 Å². The largest absolute Gasteiger partial charge is 0.480 e. The van der Waals surface area contributed by atoms with Gasteiger partial charge in [0.25, 0.3) is 10.0 Å². The average Bonchev–Trinajstić information content (AvgIpc) is 2.51. The highest BCUT2D eigenvalue weighted by atomic mass is 35.5. The van der Waals surface area contributed by atoms with Gasteiger partial charge in [0.2, 0.25) is 0 Å². The summed E-state index contributed by atoms with van der Waals surface area (Å²) in [6.45, 7) is 1.21. The molecule has 0 amide bonds. The van der Waals surface area contributed by atoms with E-state index < -0.39 is 22.0 Å². The van der Waals surface area contributed by atoms with Crippen molar-refractivity contribution < 1.29 is 18.3 Å². The summed E-state index contributed by atoms with van der Waals surface area (Å²) in [7, 11) is -4.38. The number of hydrogen-bond donors (Lipinski definition) is 1. The third-order valence-corrected chi connectivity index (χ3v) is 6.43. The van der Waals surface area contributed by atoms with Crippen molar-refractivity contribution in [3.8, 4) is 0 Å². The molecule has 25 heavy (non-hydrogen) atoms. The van der Waals surface area contributed by atoms with E-state index in [9.17, 15) is 18.3 Å². The van der Waals surface area contributed by atoms with Gasteiger partial charge in [-0.25, -0.2) is 13.2 Å². The lowest BCUT2D eigenvalue weighted by Gasteiger charge is -2.29. The molecule has 0 aromatic heterocycles. The molecule has 0 saturated carbocycles. The summed E-state index contributed by atoms with van der Waals surface area (Å²) in [6.07, 6.45) is 0. The van der Waals surface area contributed by atoms with Gasteiger partial charge in [0.1, 0.15) is 10.9 Å². The molecule has 0 fully saturated rings. The molecule has 0 heterocycles. The molecule has 2 aromatic rings. The highest BCUT2D eigenvalue weighted by Gasteiger charge is 2.36. The van der Waals surface area contributed by atoms with Crippen LogP contribution in [0.25, 0.3) is 0 Å². The normalized spacial score (nSPS) is 12.7. The Morgan fingerprint density at radius 2 is 1.56 bits per heavy atom. The zero-order valence-corrected chi connectivity index (χ0v) is 16.4. The van der Waals surface area contributed by atoms with E-state index in [-0.39, 0.29) is 30.7 Å². The Bertz CT molecular complexity index is 933. The summed E-state index contributed by atoms with van der Waals surface area (Å²) in [5.41, 5.74) is -0.0444. The van der Waals surface area contributed by atoms with Crippen molar-refractivity contribution in [2.24, 2.45) is 0 Å². The molecule has 1 unspecified atom stereocenters. The smallest absolute Gasteiger partial charge is 0.327 e. The minimum atomic E-state index is -4.38. The topological polar surface area (TPSA) is 74.7 Å². The van der Waals surface area contributed by atoms with Crippen LogP contribution in [0.3, 0.4) is 0 Å². The van der Waals surface area contributed by atoms with Crippen molar-refractivity contribution in [2.45, 2.75) is 17.9 Å². The minimum absolute atomic E-state index is 0.0256. The van der Waals surface area contributed by atoms with Crippen molar-refractivity contribution in [3.05, 3.63) is 56.5 Å². The van der Waals surface area contributed by atoms with E-state index >= 15 is 0 Å². The number of aliphatic carboxylic acids is 1. The second kappa shape index (κ2) is 7.60. The second-order valence-electron chi connectivity index (χ2n) is 4.99. The van der Waals surface area contributed by atoms with Gasteiger partial charge in [-0.15, -0.1) is 0 Å². The van der Waals surface area contributed by atoms with E-state index in [4.69, 9.17) is 46.4 Å². The molecule has 0 saturated heterocycles. The lowest BCUT2D eigenvalue weighted by molar-refractivity contribution is -0.137. The van der Waals surface area contributed by atoms with Crippen molar-refractivity contribution in [2.75, 3.05) is 4.31 Å². The Morgan fingerprint density at radius 3 is 2.12 bits per heavy atom. The highest BCUT2D eigenvalue weighted by Crippen LogP contribution is 2.36. The van der Waals surface area contributed by atoms with Gasteiger partial charge in [0.05, 0.1) is 15.7 Å². The predicted molar refractivity (Wildman–Crippen MR) is 99.7 cm³/mol. The zero-order valence-electron chi connectivity index (χ0n) is 12.6. The molecule has 0 aliphatic rings. The Labute approximate surface area is 164 Å². The molecule has 134 valence electrons. The van der Waals surface area contributed by atoms with E-state index in [1.54, 1.807) is 0 Å². The monoisotopic (exact) mass is 441 g/mol. The van der Waals surface area contributed by atoms with Crippen molar-refractivity contribution in [1.82, 2.24) is 0 Å². The van der Waals surface area contributed by atoms with Gasteiger partial charge < -0.3 is 5.11 Å². The number of carboxylic acid groups (broad SMARTS) is 1. The molecule has 2 rings (SSSR count). The molecule has 0 aliphatic carbocycles. The van der Waals surface area contributed by atoms with Gasteiger partial charge in [-0.1, -0.05) is 46.4 Å². The first kappa shape index (κ1) is 20.1. The number of halogens is 4. The van der Waals surface area contributed by atoms with Crippen molar-refractivity contribution in [3.63, 3.8) is 0 Å². The lowest BCUT2D eigenvalue weighted by Crippen LogP contribution is -2.43. The number of benzene rings is 2. The molecule has 1 N–H and O–H groups in total. The van der Waals surface area contributed by atoms with Gasteiger partial charge in [0.15, 0.2) is 0 Å². The SMILES string of the molecule is CC(C(=O)O)N(c1ccc(Cl)cc1Cl)S(=O)(=O)c1cc(Cl)ccc1Cl. The van der Waals surface area contributed by atoms with Crippen LogP contribution in [-0.4, -0.2) is 25.5 Å². The summed E-state index contributed by atoms with van der Waals surface area (Å²) in [6, 6.07) is 6.45. The first-order valence-electron chi connectivity index (χ1n) is 6.73. The molecule has 10 heteroatoms. The minimum Gasteiger partial charge on any atom is -0.480 e. The maximum absolute atomic E-state index is 13.1. The van der Waals surface area contributed by atoms with Gasteiger partial charge >= 0.3 is 5.97 Å². The number of anilines is 1. The highest BCUT2D eigenvalue weighted by molar-refractivity contribution is 7.93. The molecular formula is C15H11Cl4NO4S. The fourth-order valence-corrected chi connectivity index (χ4v) is 5.01. The van der Waals surface area contributed by atoms with Gasteiger partial charge in [-0.3, -0.25) is 4.31 Å². The van der Waals surface area contributed by atoms with E-state index in [0.29, 0.717) is 4.31 Å². The maximum Gasteiger partial charge on any atom is 0.327 e. The Morgan fingerprint density at radius 1 is 1.00 bits per heavy atom. The van der Waals surface area contributed by atoms with Crippen LogP contribution in [0.15, 0.2) is 41.3 Å². The van der Waals surface area contributed by atoms with Crippen molar-refractivity contribution >= 4 is 68.1 Å². The molecule has 0 bridgehead atoms. The molecule has 0 radical (unpaired) electrons. The Balaban J connectivity index is 2.75. The third-order valence-electron chi connectivity index (χ3n) is 3.29. The maximum atomic E-state index is 13.1. The number of rotatable bonds is 5. The number of carboxylic acids is 1. The standard InChI is InChI=1S/C15H11Cl4NO4S/c1-8(15(21)22)20(13-5-3-9(16)6-12(13)19)25(23,24)14-7-10(17)2-4-11(14)18/h2-8H,1H3,(H,21,22). The van der Waals surface area contributed by atoms with E-state index in [2.05, 4.69) is 0 Å². The first-order valence-corrected chi connectivity index (χ1v) is 9.68. The van der Waals surface area contributed by atoms with Crippen LogP contribution < -0.4 is 4.31 Å². The molecule has 5 nitrogen and oxygen atoms in total. The van der Waals surface area contributed by atoms with Crippen LogP contribution in [-0.2, 0) is 14.8 Å². The fraction of sp³-hybridized carbons (Fsp3) is 0.133. The van der Waals surface area contributed by atoms with Crippen LogP contribution in [0.1, 0.15) is 6.92 Å². The van der Waals surface area contributed by atoms with Crippen LogP contribution in [0.4, 0.5) is 5.69 Å². The number of nitrogens with zero attached hydrogens (tertiary/aromatic N) is 1. The summed E-state index contributed by atoms with van der Waals surface area (Å²) in [5.74, 6) is -1.37. The van der Waals surface area contributed by atoms with E-state index in [0.717, 1.165) is 6.07 Å². The van der Waals surface area contributed by atoms with Crippen LogP contribution >= 0.6 is 46.4 Å². The second-order valence-corrected chi connectivity index (χ2v) is 8.46. The van der Waals surface area contributed by atoms with Crippen LogP contribution in [0.5, 0.6) is 0 Å². The predicted octanol–water partition coefficient (Wildman–Crippen LogP) is 4.97. The molecule has 0 spiro atoms. The summed E-state index contributed by atoms with van der Waals surface area (Å²) in [5, 5.41) is 9.64. The van der Waals surface area contributed by atoms with Gasteiger partial charge in [-0.05, 0) is 43.3 Å². The molecule has 1 atom stereocenters. The van der Waals surface area contributed by atoms with Crippen molar-refractivity contribution in [1.29, 1.82) is 0 Å². The number of carbonyl (C=O) groups is 1. The average molecular weight is 443 g/mol. The zero-order chi connectivity index (χ0) is 18.9. The van der Waals surface area contributed by atoms with E-state index in [1.165, 1.54) is 37.3 Å². The molecular weight excluding hydrogens is 432 g/mol.